The summed E-state index contributed by atoms with van der Waals surface area (Å²) in [6.45, 7) is 4.13. The fourth-order valence-corrected chi connectivity index (χ4v) is 4.70. The SMILES string of the molecule is CCc1cc(OCc2ccccc2)c(F)cc1-c1ccc2c(-c3nc4c([nH]3)CNCC4)n[nH]c2c1. The highest BCUT2D eigenvalue weighted by atomic mass is 19.1. The molecule has 0 fully saturated rings. The lowest BCUT2D eigenvalue weighted by Gasteiger charge is -2.13. The molecule has 0 unspecified atom stereocenters. The maximum Gasteiger partial charge on any atom is 0.165 e. The van der Waals surface area contributed by atoms with Crippen molar-refractivity contribution >= 4 is 10.9 Å². The Balaban J connectivity index is 1.31. The number of nitrogens with zero attached hydrogens (tertiary/aromatic N) is 2. The van der Waals surface area contributed by atoms with Gasteiger partial charge in [0.1, 0.15) is 12.3 Å². The van der Waals surface area contributed by atoms with Crippen molar-refractivity contribution < 1.29 is 9.13 Å². The summed E-state index contributed by atoms with van der Waals surface area (Å²) < 4.78 is 20.9. The molecule has 0 spiro atoms. The van der Waals surface area contributed by atoms with E-state index in [1.54, 1.807) is 6.07 Å². The van der Waals surface area contributed by atoms with Crippen LogP contribution in [0.2, 0.25) is 0 Å². The van der Waals surface area contributed by atoms with Gasteiger partial charge in [0, 0.05) is 24.9 Å². The molecule has 0 bridgehead atoms. The number of aryl methyl sites for hydroxylation is 1. The van der Waals surface area contributed by atoms with Gasteiger partial charge in [-0.1, -0.05) is 43.3 Å². The van der Waals surface area contributed by atoms with Crippen molar-refractivity contribution in [3.8, 4) is 28.4 Å². The van der Waals surface area contributed by atoms with Crippen molar-refractivity contribution in [2.45, 2.75) is 32.9 Å². The third kappa shape index (κ3) is 4.08. The number of fused-ring (bicyclic) bond motifs is 2. The standard InChI is InChI=1S/C28H26FN5O/c1-2-18-13-26(35-16-17-6-4-3-5-7-17)22(29)14-21(18)19-8-9-20-24(12-19)33-34-27(20)28-31-23-10-11-30-15-25(23)32-28/h3-9,12-14,30H,2,10-11,15-16H2,1H3,(H,31,32)(H,33,34). The van der Waals surface area contributed by atoms with Gasteiger partial charge >= 0.3 is 0 Å². The molecule has 0 aliphatic carbocycles. The third-order valence-corrected chi connectivity index (χ3v) is 6.58. The average molecular weight is 468 g/mol. The molecule has 176 valence electrons. The van der Waals surface area contributed by atoms with Gasteiger partial charge in [0.05, 0.1) is 16.9 Å². The highest BCUT2D eigenvalue weighted by Gasteiger charge is 2.19. The Morgan fingerprint density at radius 3 is 2.77 bits per heavy atom. The van der Waals surface area contributed by atoms with Gasteiger partial charge in [-0.2, -0.15) is 5.10 Å². The molecule has 0 amide bonds. The summed E-state index contributed by atoms with van der Waals surface area (Å²) in [6, 6.07) is 19.2. The number of aromatic nitrogens is 4. The monoisotopic (exact) mass is 467 g/mol. The lowest BCUT2D eigenvalue weighted by atomic mass is 9.96. The van der Waals surface area contributed by atoms with Gasteiger partial charge in [0.25, 0.3) is 0 Å². The molecule has 0 saturated heterocycles. The number of rotatable bonds is 6. The molecular weight excluding hydrogens is 441 g/mol. The van der Waals surface area contributed by atoms with Crippen LogP contribution in [0.25, 0.3) is 33.5 Å². The maximum atomic E-state index is 15.0. The number of halogens is 1. The summed E-state index contributed by atoms with van der Waals surface area (Å²) in [7, 11) is 0. The molecule has 35 heavy (non-hydrogen) atoms. The number of hydrogen-bond donors (Lipinski definition) is 3. The van der Waals surface area contributed by atoms with E-state index in [0.717, 1.165) is 82.0 Å². The Hall–Kier alpha value is -3.97. The van der Waals surface area contributed by atoms with E-state index in [0.29, 0.717) is 6.61 Å². The zero-order valence-electron chi connectivity index (χ0n) is 19.5. The van der Waals surface area contributed by atoms with E-state index >= 15 is 4.39 Å². The Labute approximate surface area is 202 Å². The van der Waals surface area contributed by atoms with E-state index in [4.69, 9.17) is 9.72 Å². The summed E-state index contributed by atoms with van der Waals surface area (Å²) in [4.78, 5) is 8.18. The van der Waals surface area contributed by atoms with Crippen molar-refractivity contribution in [3.05, 3.63) is 89.0 Å². The lowest BCUT2D eigenvalue weighted by molar-refractivity contribution is 0.290. The van der Waals surface area contributed by atoms with E-state index < -0.39 is 0 Å². The van der Waals surface area contributed by atoms with E-state index in [9.17, 15) is 0 Å². The van der Waals surface area contributed by atoms with Crippen LogP contribution >= 0.6 is 0 Å². The van der Waals surface area contributed by atoms with Crippen molar-refractivity contribution in [2.75, 3.05) is 6.54 Å². The molecule has 3 N–H and O–H groups in total. The predicted molar refractivity (Wildman–Crippen MR) is 135 cm³/mol. The number of benzene rings is 3. The van der Waals surface area contributed by atoms with Crippen molar-refractivity contribution in [2.24, 2.45) is 0 Å². The molecule has 2 aromatic heterocycles. The smallest absolute Gasteiger partial charge is 0.165 e. The molecule has 0 atom stereocenters. The molecule has 3 aromatic carbocycles. The molecule has 6 rings (SSSR count). The Kier molecular flexibility index (Phi) is 5.54. The van der Waals surface area contributed by atoms with Gasteiger partial charge in [0.2, 0.25) is 0 Å². The number of imidazole rings is 1. The van der Waals surface area contributed by atoms with Gasteiger partial charge in [-0.25, -0.2) is 9.37 Å². The summed E-state index contributed by atoms with van der Waals surface area (Å²) in [5, 5.41) is 12.0. The van der Waals surface area contributed by atoms with Crippen LogP contribution in [-0.4, -0.2) is 26.7 Å². The number of nitrogens with one attached hydrogen (secondary N) is 3. The highest BCUT2D eigenvalue weighted by molar-refractivity contribution is 5.94. The molecule has 7 heteroatoms. The molecule has 6 nitrogen and oxygen atoms in total. The Morgan fingerprint density at radius 1 is 1.06 bits per heavy atom. The van der Waals surface area contributed by atoms with Gasteiger partial charge in [-0.15, -0.1) is 0 Å². The second-order valence-electron chi connectivity index (χ2n) is 8.84. The number of ether oxygens (including phenoxy) is 1. The minimum absolute atomic E-state index is 0.274. The van der Waals surface area contributed by atoms with Gasteiger partial charge in [-0.05, 0) is 52.9 Å². The quantitative estimate of drug-likeness (QED) is 0.306. The zero-order chi connectivity index (χ0) is 23.8. The number of H-pyrrole nitrogens is 2. The maximum absolute atomic E-state index is 15.0. The lowest BCUT2D eigenvalue weighted by Crippen LogP contribution is -2.23. The topological polar surface area (TPSA) is 78.6 Å². The third-order valence-electron chi connectivity index (χ3n) is 6.58. The predicted octanol–water partition coefficient (Wildman–Crippen LogP) is 5.55. The molecular formula is C28H26FN5O. The molecule has 0 radical (unpaired) electrons. The summed E-state index contributed by atoms with van der Waals surface area (Å²) in [6.07, 6.45) is 1.67. The first kappa shape index (κ1) is 21.6. The minimum atomic E-state index is -0.367. The first-order valence-electron chi connectivity index (χ1n) is 12.0. The van der Waals surface area contributed by atoms with Crippen LogP contribution in [0.1, 0.15) is 29.4 Å². The summed E-state index contributed by atoms with van der Waals surface area (Å²) in [5.41, 5.74) is 7.73. The molecule has 5 aromatic rings. The van der Waals surface area contributed by atoms with Crippen LogP contribution in [0, 0.1) is 5.82 Å². The van der Waals surface area contributed by atoms with Crippen LogP contribution in [0.15, 0.2) is 60.7 Å². The molecule has 1 aliphatic rings. The number of hydrogen-bond acceptors (Lipinski definition) is 4. The van der Waals surface area contributed by atoms with Crippen molar-refractivity contribution in [1.82, 2.24) is 25.5 Å². The Bertz CT molecular complexity index is 1480. The molecule has 0 saturated carbocycles. The van der Waals surface area contributed by atoms with E-state index in [1.807, 2.05) is 54.6 Å². The van der Waals surface area contributed by atoms with Crippen LogP contribution < -0.4 is 10.1 Å². The zero-order valence-corrected chi connectivity index (χ0v) is 19.5. The largest absolute Gasteiger partial charge is 0.486 e. The number of aromatic amines is 2. The molecule has 1 aliphatic heterocycles. The summed E-state index contributed by atoms with van der Waals surface area (Å²) in [5.74, 6) is 0.682. The van der Waals surface area contributed by atoms with E-state index in [1.165, 1.54) is 0 Å². The summed E-state index contributed by atoms with van der Waals surface area (Å²) >= 11 is 0. The second kappa shape index (κ2) is 9.00. The molecule has 3 heterocycles. The van der Waals surface area contributed by atoms with Crippen LogP contribution in [0.4, 0.5) is 4.39 Å². The second-order valence-corrected chi connectivity index (χ2v) is 8.84. The van der Waals surface area contributed by atoms with Gasteiger partial charge < -0.3 is 15.0 Å². The first-order valence-corrected chi connectivity index (χ1v) is 12.0. The fourth-order valence-electron chi connectivity index (χ4n) is 4.70. The van der Waals surface area contributed by atoms with Crippen LogP contribution in [-0.2, 0) is 26.0 Å². The van der Waals surface area contributed by atoms with Gasteiger partial charge in [-0.3, -0.25) is 5.10 Å². The van der Waals surface area contributed by atoms with Crippen molar-refractivity contribution in [1.29, 1.82) is 0 Å². The van der Waals surface area contributed by atoms with E-state index in [2.05, 4.69) is 27.4 Å². The van der Waals surface area contributed by atoms with E-state index in [-0.39, 0.29) is 11.6 Å². The van der Waals surface area contributed by atoms with Gasteiger partial charge in [0.15, 0.2) is 17.4 Å². The first-order chi connectivity index (χ1) is 17.2. The highest BCUT2D eigenvalue weighted by Crippen LogP contribution is 2.34. The Morgan fingerprint density at radius 2 is 1.94 bits per heavy atom. The minimum Gasteiger partial charge on any atom is -0.486 e. The average Bonchev–Trinajstić information content (AvgIpc) is 3.52. The van der Waals surface area contributed by atoms with Crippen LogP contribution in [0.3, 0.4) is 0 Å². The van der Waals surface area contributed by atoms with Crippen molar-refractivity contribution in [3.63, 3.8) is 0 Å². The van der Waals surface area contributed by atoms with Crippen LogP contribution in [0.5, 0.6) is 5.75 Å². The normalized spacial score (nSPS) is 13.2. The fraction of sp³-hybridized carbons (Fsp3) is 0.214.